The largest absolute Gasteiger partial charge is 0.451 e. The monoisotopic (exact) mass is 396 g/mol. The predicted molar refractivity (Wildman–Crippen MR) is 94.8 cm³/mol. The van der Waals surface area contributed by atoms with Crippen LogP contribution in [0.5, 0.6) is 0 Å². The van der Waals surface area contributed by atoms with Gasteiger partial charge in [-0.05, 0) is 62.2 Å². The van der Waals surface area contributed by atoms with Crippen LogP contribution in [0.3, 0.4) is 0 Å². The van der Waals surface area contributed by atoms with Crippen molar-refractivity contribution in [2.24, 2.45) is 0 Å². The molecule has 0 aliphatic carbocycles. The molecular formula is C19H18F2O5S. The highest BCUT2D eigenvalue weighted by Crippen LogP contribution is 2.19. The van der Waals surface area contributed by atoms with Crippen LogP contribution in [0.15, 0.2) is 47.4 Å². The summed E-state index contributed by atoms with van der Waals surface area (Å²) in [7, 11) is -4.74. The molecule has 1 atom stereocenters. The lowest BCUT2D eigenvalue weighted by molar-refractivity contribution is 0.0318. The van der Waals surface area contributed by atoms with Crippen molar-refractivity contribution in [1.29, 1.82) is 0 Å². The van der Waals surface area contributed by atoms with Gasteiger partial charge in [0.1, 0.15) is 0 Å². The summed E-state index contributed by atoms with van der Waals surface area (Å²) in [6, 6.07) is 9.04. The minimum Gasteiger partial charge on any atom is -0.451 e. The first-order valence-corrected chi connectivity index (χ1v) is 9.53. The molecule has 0 unspecified atom stereocenters. The Labute approximate surface area is 155 Å². The van der Waals surface area contributed by atoms with Crippen molar-refractivity contribution in [1.82, 2.24) is 0 Å². The molecule has 0 N–H and O–H groups in total. The highest BCUT2D eigenvalue weighted by Gasteiger charge is 2.27. The summed E-state index contributed by atoms with van der Waals surface area (Å²) in [4.78, 5) is 23.9. The third kappa shape index (κ3) is 4.57. The van der Waals surface area contributed by atoms with Gasteiger partial charge in [0, 0.05) is 5.56 Å². The number of sulfone groups is 1. The quantitative estimate of drug-likeness (QED) is 0.549. The van der Waals surface area contributed by atoms with Crippen molar-refractivity contribution in [2.75, 3.05) is 0 Å². The number of esters is 1. The molecule has 0 bridgehead atoms. The number of carbonyl (C=O) groups is 2. The van der Waals surface area contributed by atoms with E-state index in [0.717, 1.165) is 35.4 Å². The third-order valence-electron chi connectivity index (χ3n) is 4.10. The lowest BCUT2D eigenvalue weighted by atomic mass is 10.0. The van der Waals surface area contributed by atoms with Crippen LogP contribution >= 0.6 is 0 Å². The highest BCUT2D eigenvalue weighted by molar-refractivity contribution is 7.91. The number of benzene rings is 2. The summed E-state index contributed by atoms with van der Waals surface area (Å²) in [6.07, 6.45) is -1.07. The number of rotatable bonds is 6. The number of hydrogen-bond donors (Lipinski definition) is 0. The average Bonchev–Trinajstić information content (AvgIpc) is 2.63. The van der Waals surface area contributed by atoms with Gasteiger partial charge in [-0.25, -0.2) is 13.2 Å². The van der Waals surface area contributed by atoms with Gasteiger partial charge in [0.15, 0.2) is 6.10 Å². The van der Waals surface area contributed by atoms with Crippen LogP contribution in [0, 0.1) is 13.8 Å². The molecule has 2 aromatic rings. The SMILES string of the molecule is Cc1ccc(C(=O)[C@@H](C)OC(=O)c2ccc(S(=O)(=O)C(F)F)cc2)cc1C. The van der Waals surface area contributed by atoms with E-state index in [1.807, 2.05) is 13.8 Å². The standard InChI is InChI=1S/C19H18F2O5S/c1-11-4-5-15(10-12(11)2)17(22)13(3)26-18(23)14-6-8-16(9-7-14)27(24,25)19(20)21/h4-10,13,19H,1-3H3/t13-/m1/s1. The Morgan fingerprint density at radius 2 is 1.48 bits per heavy atom. The smallest absolute Gasteiger partial charge is 0.341 e. The molecule has 8 heteroatoms. The number of alkyl halides is 2. The second-order valence-electron chi connectivity index (χ2n) is 6.04. The molecule has 0 radical (unpaired) electrons. The van der Waals surface area contributed by atoms with Crippen LogP contribution < -0.4 is 0 Å². The van der Waals surface area contributed by atoms with E-state index in [2.05, 4.69) is 0 Å². The average molecular weight is 396 g/mol. The van der Waals surface area contributed by atoms with Crippen LogP contribution in [0.4, 0.5) is 8.78 Å². The van der Waals surface area contributed by atoms with E-state index >= 15 is 0 Å². The zero-order valence-corrected chi connectivity index (χ0v) is 15.7. The van der Waals surface area contributed by atoms with E-state index in [9.17, 15) is 26.8 Å². The maximum absolute atomic E-state index is 12.5. The molecule has 27 heavy (non-hydrogen) atoms. The van der Waals surface area contributed by atoms with E-state index in [1.165, 1.54) is 6.92 Å². The van der Waals surface area contributed by atoms with E-state index in [0.29, 0.717) is 5.56 Å². The summed E-state index contributed by atoms with van der Waals surface area (Å²) in [5.41, 5.74) is 2.30. The Morgan fingerprint density at radius 1 is 0.926 bits per heavy atom. The van der Waals surface area contributed by atoms with Crippen molar-refractivity contribution in [3.63, 3.8) is 0 Å². The molecule has 0 heterocycles. The molecule has 0 fully saturated rings. The zero-order chi connectivity index (χ0) is 20.4. The first kappa shape index (κ1) is 20.7. The number of carbonyl (C=O) groups excluding carboxylic acids is 2. The van der Waals surface area contributed by atoms with E-state index in [4.69, 9.17) is 4.74 Å². The number of aryl methyl sites for hydroxylation is 2. The van der Waals surface area contributed by atoms with Crippen LogP contribution in [0.1, 0.15) is 38.8 Å². The number of ketones is 1. The highest BCUT2D eigenvalue weighted by atomic mass is 32.2. The van der Waals surface area contributed by atoms with Gasteiger partial charge >= 0.3 is 11.7 Å². The number of Topliss-reactive ketones (excluding diaryl/α,β-unsaturated/α-hetero) is 1. The summed E-state index contributed by atoms with van der Waals surface area (Å²) in [6.45, 7) is 5.19. The van der Waals surface area contributed by atoms with Gasteiger partial charge in [-0.3, -0.25) is 4.79 Å². The summed E-state index contributed by atoms with van der Waals surface area (Å²) in [5, 5.41) is 0. The van der Waals surface area contributed by atoms with Crippen LogP contribution in [-0.4, -0.2) is 32.0 Å². The fourth-order valence-electron chi connectivity index (χ4n) is 2.30. The lowest BCUT2D eigenvalue weighted by Crippen LogP contribution is -2.24. The van der Waals surface area contributed by atoms with Crippen LogP contribution in [-0.2, 0) is 14.6 Å². The van der Waals surface area contributed by atoms with Crippen molar-refractivity contribution >= 4 is 21.6 Å². The topological polar surface area (TPSA) is 77.5 Å². The van der Waals surface area contributed by atoms with Gasteiger partial charge in [0.05, 0.1) is 10.5 Å². The molecule has 0 spiro atoms. The summed E-state index contributed by atoms with van der Waals surface area (Å²) < 4.78 is 52.9. The van der Waals surface area contributed by atoms with E-state index < -0.39 is 32.6 Å². The number of ether oxygens (including phenoxy) is 1. The normalized spacial score (nSPS) is 12.7. The fourth-order valence-corrected chi connectivity index (χ4v) is 3.02. The molecule has 0 saturated heterocycles. The third-order valence-corrected chi connectivity index (χ3v) is 5.50. The van der Waals surface area contributed by atoms with Gasteiger partial charge in [-0.2, -0.15) is 8.78 Å². The summed E-state index contributed by atoms with van der Waals surface area (Å²) >= 11 is 0. The van der Waals surface area contributed by atoms with Crippen molar-refractivity contribution < 1.29 is 31.5 Å². The van der Waals surface area contributed by atoms with E-state index in [1.54, 1.807) is 18.2 Å². The Hall–Kier alpha value is -2.61. The van der Waals surface area contributed by atoms with Gasteiger partial charge in [0.25, 0.3) is 0 Å². The predicted octanol–water partition coefficient (Wildman–Crippen LogP) is 3.73. The van der Waals surface area contributed by atoms with Gasteiger partial charge in [-0.1, -0.05) is 12.1 Å². The molecule has 2 aromatic carbocycles. The van der Waals surface area contributed by atoms with Crippen molar-refractivity contribution in [2.45, 2.75) is 37.5 Å². The Morgan fingerprint density at radius 3 is 2.00 bits per heavy atom. The number of hydrogen-bond acceptors (Lipinski definition) is 5. The summed E-state index contributed by atoms with van der Waals surface area (Å²) in [5.74, 6) is -4.80. The van der Waals surface area contributed by atoms with Crippen molar-refractivity contribution in [3.05, 3.63) is 64.7 Å². The first-order valence-electron chi connectivity index (χ1n) is 7.98. The van der Waals surface area contributed by atoms with Crippen LogP contribution in [0.25, 0.3) is 0 Å². The molecular weight excluding hydrogens is 378 g/mol. The minimum absolute atomic E-state index is 0.0528. The minimum atomic E-state index is -4.74. The van der Waals surface area contributed by atoms with Gasteiger partial charge in [-0.15, -0.1) is 0 Å². The Bertz CT molecular complexity index is 966. The van der Waals surface area contributed by atoms with Crippen LogP contribution in [0.2, 0.25) is 0 Å². The Balaban J connectivity index is 2.12. The molecule has 5 nitrogen and oxygen atoms in total. The molecule has 0 aliphatic rings. The molecule has 144 valence electrons. The zero-order valence-electron chi connectivity index (χ0n) is 14.9. The Kier molecular flexibility index (Phi) is 6.10. The van der Waals surface area contributed by atoms with Gasteiger partial charge in [0.2, 0.25) is 15.6 Å². The molecule has 0 aromatic heterocycles. The second-order valence-corrected chi connectivity index (χ2v) is 7.96. The molecule has 2 rings (SSSR count). The van der Waals surface area contributed by atoms with Crippen molar-refractivity contribution in [3.8, 4) is 0 Å². The maximum atomic E-state index is 12.5. The first-order chi connectivity index (χ1) is 12.5. The number of halogens is 2. The fraction of sp³-hybridized carbons (Fsp3) is 0.263. The molecule has 0 amide bonds. The van der Waals surface area contributed by atoms with Gasteiger partial charge < -0.3 is 4.74 Å². The maximum Gasteiger partial charge on any atom is 0.341 e. The second kappa shape index (κ2) is 7.96. The lowest BCUT2D eigenvalue weighted by Gasteiger charge is -2.13. The molecule has 0 aliphatic heterocycles. The van der Waals surface area contributed by atoms with E-state index in [-0.39, 0.29) is 11.3 Å². The molecule has 0 saturated carbocycles.